The first-order valence-corrected chi connectivity index (χ1v) is 10.6. The Morgan fingerprint density at radius 3 is 2.48 bits per heavy atom. The summed E-state index contributed by atoms with van der Waals surface area (Å²) in [5.41, 5.74) is 7.17. The standard InChI is InChI=1S/C20H27N7OS/c1-20(2,3)23-17-16(14-7-5-4-6-8-14)22-18-27(17)24-19(29-18)26-11-9-25(10-12-26)13-15(21)28/h4-8,23H,9-13H2,1-3H3,(H2,21,28). The van der Waals surface area contributed by atoms with E-state index in [1.165, 1.54) is 0 Å². The van der Waals surface area contributed by atoms with Crippen molar-refractivity contribution in [2.24, 2.45) is 5.73 Å². The van der Waals surface area contributed by atoms with E-state index in [9.17, 15) is 4.79 Å². The van der Waals surface area contributed by atoms with Crippen LogP contribution in [0.1, 0.15) is 20.8 Å². The number of piperazine rings is 1. The third-order valence-electron chi connectivity index (χ3n) is 4.76. The number of imidazole rings is 1. The van der Waals surface area contributed by atoms with Crippen LogP contribution in [0.5, 0.6) is 0 Å². The topological polar surface area (TPSA) is 91.8 Å². The van der Waals surface area contributed by atoms with E-state index in [2.05, 4.69) is 48.0 Å². The SMILES string of the molecule is CC(C)(C)Nc1c(-c2ccccc2)nc2sc(N3CCN(CC(N)=O)CC3)nn12. The fourth-order valence-corrected chi connectivity index (χ4v) is 4.40. The van der Waals surface area contributed by atoms with Crippen molar-refractivity contribution in [1.82, 2.24) is 19.5 Å². The number of fused-ring (bicyclic) bond motifs is 1. The van der Waals surface area contributed by atoms with E-state index >= 15 is 0 Å². The summed E-state index contributed by atoms with van der Waals surface area (Å²) in [7, 11) is 0. The van der Waals surface area contributed by atoms with E-state index in [1.54, 1.807) is 11.3 Å². The van der Waals surface area contributed by atoms with E-state index in [-0.39, 0.29) is 11.4 Å². The van der Waals surface area contributed by atoms with Gasteiger partial charge in [0, 0.05) is 37.3 Å². The first-order chi connectivity index (χ1) is 13.8. The van der Waals surface area contributed by atoms with Crippen LogP contribution >= 0.6 is 11.3 Å². The highest BCUT2D eigenvalue weighted by Crippen LogP contribution is 2.34. The van der Waals surface area contributed by atoms with Crippen LogP contribution in [0.15, 0.2) is 30.3 Å². The molecular weight excluding hydrogens is 386 g/mol. The van der Waals surface area contributed by atoms with Gasteiger partial charge in [-0.05, 0) is 20.8 Å². The van der Waals surface area contributed by atoms with Gasteiger partial charge in [0.1, 0.15) is 5.69 Å². The molecule has 1 aliphatic rings. The minimum absolute atomic E-state index is 0.121. The van der Waals surface area contributed by atoms with Crippen molar-refractivity contribution in [2.45, 2.75) is 26.3 Å². The normalized spacial score (nSPS) is 15.8. The molecule has 0 aliphatic carbocycles. The lowest BCUT2D eigenvalue weighted by Crippen LogP contribution is -2.48. The quantitative estimate of drug-likeness (QED) is 0.667. The van der Waals surface area contributed by atoms with Crippen molar-refractivity contribution in [1.29, 1.82) is 0 Å². The smallest absolute Gasteiger partial charge is 0.231 e. The highest BCUT2D eigenvalue weighted by molar-refractivity contribution is 7.20. The van der Waals surface area contributed by atoms with Crippen molar-refractivity contribution >= 4 is 33.2 Å². The van der Waals surface area contributed by atoms with Crippen molar-refractivity contribution < 1.29 is 4.79 Å². The third-order valence-corrected chi connectivity index (χ3v) is 5.72. The first-order valence-electron chi connectivity index (χ1n) is 9.79. The minimum atomic E-state index is -0.280. The number of benzene rings is 1. The Balaban J connectivity index is 1.64. The van der Waals surface area contributed by atoms with Gasteiger partial charge in [-0.15, -0.1) is 5.10 Å². The number of carbonyl (C=O) groups excluding carboxylic acids is 1. The number of hydrogen-bond donors (Lipinski definition) is 2. The number of primary amides is 1. The van der Waals surface area contributed by atoms with Crippen LogP contribution in [0, 0.1) is 0 Å². The monoisotopic (exact) mass is 413 g/mol. The molecule has 1 aromatic carbocycles. The number of anilines is 2. The molecule has 0 saturated carbocycles. The molecule has 0 unspecified atom stereocenters. The lowest BCUT2D eigenvalue weighted by atomic mass is 10.1. The van der Waals surface area contributed by atoms with Crippen LogP contribution in [-0.4, -0.2) is 63.7 Å². The van der Waals surface area contributed by atoms with Crippen LogP contribution in [0.25, 0.3) is 16.2 Å². The second-order valence-electron chi connectivity index (χ2n) is 8.36. The number of nitrogens with zero attached hydrogens (tertiary/aromatic N) is 5. The Kier molecular flexibility index (Phi) is 5.18. The second kappa shape index (κ2) is 7.64. The van der Waals surface area contributed by atoms with Gasteiger partial charge in [-0.1, -0.05) is 41.7 Å². The van der Waals surface area contributed by atoms with Crippen LogP contribution in [0.3, 0.4) is 0 Å². The second-order valence-corrected chi connectivity index (χ2v) is 9.29. The summed E-state index contributed by atoms with van der Waals surface area (Å²) < 4.78 is 1.92. The van der Waals surface area contributed by atoms with Gasteiger partial charge >= 0.3 is 0 Å². The molecule has 2 aromatic heterocycles. The first kappa shape index (κ1) is 19.7. The van der Waals surface area contributed by atoms with Crippen molar-refractivity contribution in [3.8, 4) is 11.3 Å². The molecule has 3 heterocycles. The van der Waals surface area contributed by atoms with E-state index in [1.807, 2.05) is 22.7 Å². The summed E-state index contributed by atoms with van der Waals surface area (Å²) >= 11 is 1.59. The number of amides is 1. The summed E-state index contributed by atoms with van der Waals surface area (Å²) in [6.07, 6.45) is 0. The molecule has 0 atom stereocenters. The predicted molar refractivity (Wildman–Crippen MR) is 118 cm³/mol. The van der Waals surface area contributed by atoms with Gasteiger partial charge in [-0.2, -0.15) is 4.52 Å². The van der Waals surface area contributed by atoms with Crippen molar-refractivity contribution in [2.75, 3.05) is 42.9 Å². The van der Waals surface area contributed by atoms with Crippen LogP contribution in [0.2, 0.25) is 0 Å². The van der Waals surface area contributed by atoms with Gasteiger partial charge in [0.2, 0.25) is 16.0 Å². The zero-order chi connectivity index (χ0) is 20.6. The molecule has 4 rings (SSSR count). The Labute approximate surface area is 174 Å². The lowest BCUT2D eigenvalue weighted by molar-refractivity contribution is -0.119. The highest BCUT2D eigenvalue weighted by atomic mass is 32.1. The van der Waals surface area contributed by atoms with Gasteiger partial charge in [-0.3, -0.25) is 9.69 Å². The van der Waals surface area contributed by atoms with Gasteiger partial charge in [-0.25, -0.2) is 4.98 Å². The minimum Gasteiger partial charge on any atom is -0.369 e. The molecule has 0 bridgehead atoms. The number of hydrogen-bond acceptors (Lipinski definition) is 7. The molecule has 0 spiro atoms. The Morgan fingerprint density at radius 2 is 1.86 bits per heavy atom. The summed E-state index contributed by atoms with van der Waals surface area (Å²) in [5, 5.41) is 9.41. The zero-order valence-electron chi connectivity index (χ0n) is 17.1. The lowest BCUT2D eigenvalue weighted by Gasteiger charge is -2.33. The number of aromatic nitrogens is 3. The van der Waals surface area contributed by atoms with Crippen molar-refractivity contribution in [3.63, 3.8) is 0 Å². The Morgan fingerprint density at radius 1 is 1.17 bits per heavy atom. The number of nitrogens with one attached hydrogen (secondary N) is 1. The maximum absolute atomic E-state index is 11.1. The highest BCUT2D eigenvalue weighted by Gasteiger charge is 2.25. The van der Waals surface area contributed by atoms with Crippen molar-refractivity contribution in [3.05, 3.63) is 30.3 Å². The molecule has 1 fully saturated rings. The number of carbonyl (C=O) groups is 1. The van der Waals surface area contributed by atoms with Gasteiger partial charge in [0.05, 0.1) is 6.54 Å². The van der Waals surface area contributed by atoms with Crippen LogP contribution in [0.4, 0.5) is 10.9 Å². The van der Waals surface area contributed by atoms with Gasteiger partial charge < -0.3 is 16.0 Å². The average molecular weight is 414 g/mol. The largest absolute Gasteiger partial charge is 0.369 e. The molecule has 8 nitrogen and oxygen atoms in total. The molecule has 3 N–H and O–H groups in total. The van der Waals surface area contributed by atoms with E-state index in [4.69, 9.17) is 15.8 Å². The predicted octanol–water partition coefficient (Wildman–Crippen LogP) is 2.28. The Hall–Kier alpha value is -2.65. The molecule has 0 radical (unpaired) electrons. The molecular formula is C20H27N7OS. The fraction of sp³-hybridized carbons (Fsp3) is 0.450. The average Bonchev–Trinajstić information content (AvgIpc) is 3.21. The van der Waals surface area contributed by atoms with Crippen LogP contribution in [-0.2, 0) is 4.79 Å². The number of nitrogens with two attached hydrogens (primary N) is 1. The summed E-state index contributed by atoms with van der Waals surface area (Å²) in [6.45, 7) is 9.94. The van der Waals surface area contributed by atoms with Crippen LogP contribution < -0.4 is 16.0 Å². The van der Waals surface area contributed by atoms with E-state index < -0.39 is 0 Å². The molecule has 1 aliphatic heterocycles. The summed E-state index contributed by atoms with van der Waals surface area (Å²) in [6, 6.07) is 10.2. The Bertz CT molecular complexity index is 997. The summed E-state index contributed by atoms with van der Waals surface area (Å²) in [5.74, 6) is 0.631. The zero-order valence-corrected chi connectivity index (χ0v) is 17.9. The maximum Gasteiger partial charge on any atom is 0.231 e. The molecule has 1 amide bonds. The van der Waals surface area contributed by atoms with E-state index in [0.29, 0.717) is 6.54 Å². The van der Waals surface area contributed by atoms with Gasteiger partial charge in [0.25, 0.3) is 0 Å². The maximum atomic E-state index is 11.1. The summed E-state index contributed by atoms with van der Waals surface area (Å²) in [4.78, 5) is 21.2. The fourth-order valence-electron chi connectivity index (χ4n) is 3.45. The molecule has 29 heavy (non-hydrogen) atoms. The van der Waals surface area contributed by atoms with Gasteiger partial charge in [0.15, 0.2) is 5.82 Å². The third kappa shape index (κ3) is 4.35. The molecule has 3 aromatic rings. The number of rotatable bonds is 5. The molecule has 1 saturated heterocycles. The molecule has 9 heteroatoms. The van der Waals surface area contributed by atoms with E-state index in [0.717, 1.165) is 53.3 Å². The molecule has 154 valence electrons.